The van der Waals surface area contributed by atoms with Crippen molar-refractivity contribution in [1.82, 2.24) is 0 Å². The number of alkyl halides is 3. The highest BCUT2D eigenvalue weighted by molar-refractivity contribution is 7.91. The zero-order chi connectivity index (χ0) is 28.3. The second-order valence-electron chi connectivity index (χ2n) is 9.20. The van der Waals surface area contributed by atoms with Gasteiger partial charge < -0.3 is 14.8 Å². The van der Waals surface area contributed by atoms with Crippen molar-refractivity contribution >= 4 is 21.4 Å². The molecule has 0 bridgehead atoms. The largest absolute Gasteiger partial charge is 0.482 e. The molecular weight excluding hydrogens is 538 g/mol. The number of benzene rings is 3. The number of anilines is 1. The lowest BCUT2D eigenvalue weighted by Crippen LogP contribution is -2.39. The van der Waals surface area contributed by atoms with Crippen LogP contribution in [0.1, 0.15) is 36.5 Å². The lowest BCUT2D eigenvalue weighted by Gasteiger charge is -2.38. The van der Waals surface area contributed by atoms with E-state index >= 15 is 0 Å². The van der Waals surface area contributed by atoms with Gasteiger partial charge in [-0.05, 0) is 59.7 Å². The van der Waals surface area contributed by atoms with Crippen LogP contribution >= 0.6 is 0 Å². The highest BCUT2D eigenvalue weighted by atomic mass is 32.2. The van der Waals surface area contributed by atoms with E-state index < -0.39 is 33.0 Å². The van der Waals surface area contributed by atoms with Crippen molar-refractivity contribution in [2.45, 2.75) is 42.9 Å². The maximum Gasteiger partial charge on any atom is 0.419 e. The van der Waals surface area contributed by atoms with Crippen molar-refractivity contribution < 1.29 is 40.2 Å². The summed E-state index contributed by atoms with van der Waals surface area (Å²) in [6.45, 7) is 2.08. The smallest absolute Gasteiger partial charge is 0.419 e. The average Bonchev–Trinajstić information content (AvgIpc) is 2.90. The predicted molar refractivity (Wildman–Crippen MR) is 137 cm³/mol. The first-order chi connectivity index (χ1) is 18.4. The molecule has 1 aliphatic rings. The van der Waals surface area contributed by atoms with Crippen LogP contribution in [0.15, 0.2) is 71.6 Å². The molecule has 11 heteroatoms. The number of carbonyl (C=O) groups excluding carboxylic acids is 1. The number of nitrogens with one attached hydrogen (secondary N) is 1. The summed E-state index contributed by atoms with van der Waals surface area (Å²) >= 11 is 0. The predicted octanol–water partition coefficient (Wildman–Crippen LogP) is 5.90. The molecule has 1 aliphatic heterocycles. The zero-order valence-electron chi connectivity index (χ0n) is 21.1. The Bertz CT molecular complexity index is 1420. The quantitative estimate of drug-likeness (QED) is 0.344. The highest BCUT2D eigenvalue weighted by Crippen LogP contribution is 2.40. The van der Waals surface area contributed by atoms with Gasteiger partial charge in [-0.1, -0.05) is 25.1 Å². The van der Waals surface area contributed by atoms with Crippen LogP contribution < -0.4 is 10.1 Å². The molecule has 0 aromatic heterocycles. The Balaban J connectivity index is 1.46. The molecule has 3 aromatic carbocycles. The molecule has 3 aromatic rings. The summed E-state index contributed by atoms with van der Waals surface area (Å²) in [5.41, 5.74) is -1.18. The van der Waals surface area contributed by atoms with E-state index in [1.165, 1.54) is 18.2 Å². The lowest BCUT2D eigenvalue weighted by atomic mass is 9.85. The molecule has 1 N–H and O–H groups in total. The number of hydrogen-bond acceptors (Lipinski definition) is 5. The van der Waals surface area contributed by atoms with Crippen LogP contribution in [0.5, 0.6) is 5.75 Å². The number of halogens is 4. The van der Waals surface area contributed by atoms with Gasteiger partial charge >= 0.3 is 6.18 Å². The maximum absolute atomic E-state index is 13.9. The third-order valence-electron chi connectivity index (χ3n) is 6.58. The van der Waals surface area contributed by atoms with Gasteiger partial charge in [0.05, 0.1) is 35.8 Å². The SMILES string of the molecule is CCS(=O)(=O)c1ccc(CC(=O)Nc2ccc(OC3(c4ccc(F)c(C(F)(F)F)c4)CCOCC3)cc2)cc1. The minimum absolute atomic E-state index is 0.0140. The fourth-order valence-corrected chi connectivity index (χ4v) is 5.26. The number of rotatable bonds is 8. The Morgan fingerprint density at radius 3 is 2.23 bits per heavy atom. The molecule has 208 valence electrons. The minimum Gasteiger partial charge on any atom is -0.482 e. The summed E-state index contributed by atoms with van der Waals surface area (Å²) < 4.78 is 89.4. The third kappa shape index (κ3) is 6.77. The molecule has 1 fully saturated rings. The summed E-state index contributed by atoms with van der Waals surface area (Å²) in [6.07, 6.45) is -4.28. The van der Waals surface area contributed by atoms with E-state index in [0.717, 1.165) is 12.1 Å². The van der Waals surface area contributed by atoms with E-state index in [4.69, 9.17) is 9.47 Å². The summed E-state index contributed by atoms with van der Waals surface area (Å²) in [4.78, 5) is 12.7. The fourth-order valence-electron chi connectivity index (χ4n) is 4.38. The number of amides is 1. The first kappa shape index (κ1) is 28.6. The molecule has 0 spiro atoms. The van der Waals surface area contributed by atoms with Crippen LogP contribution in [0, 0.1) is 5.82 Å². The molecular formula is C28H27F4NO5S. The molecule has 0 atom stereocenters. The molecule has 0 unspecified atom stereocenters. The second kappa shape index (κ2) is 11.4. The van der Waals surface area contributed by atoms with Crippen molar-refractivity contribution in [3.8, 4) is 5.75 Å². The normalized spacial score (nSPS) is 15.5. The second-order valence-corrected chi connectivity index (χ2v) is 11.5. The van der Waals surface area contributed by atoms with E-state index in [0.29, 0.717) is 17.0 Å². The van der Waals surface area contributed by atoms with E-state index in [1.54, 1.807) is 43.3 Å². The molecule has 4 rings (SSSR count). The summed E-state index contributed by atoms with van der Waals surface area (Å²) in [7, 11) is -3.33. The first-order valence-corrected chi connectivity index (χ1v) is 13.9. The third-order valence-corrected chi connectivity index (χ3v) is 8.33. The number of ether oxygens (including phenoxy) is 2. The van der Waals surface area contributed by atoms with Crippen LogP contribution in [0.4, 0.5) is 23.2 Å². The van der Waals surface area contributed by atoms with E-state index in [1.807, 2.05) is 0 Å². The van der Waals surface area contributed by atoms with Crippen LogP contribution in [0.3, 0.4) is 0 Å². The van der Waals surface area contributed by atoms with E-state index in [-0.39, 0.29) is 54.6 Å². The highest BCUT2D eigenvalue weighted by Gasteiger charge is 2.41. The molecule has 39 heavy (non-hydrogen) atoms. The van der Waals surface area contributed by atoms with Gasteiger partial charge in [-0.15, -0.1) is 0 Å². The monoisotopic (exact) mass is 565 g/mol. The van der Waals surface area contributed by atoms with Crippen LogP contribution in [0.25, 0.3) is 0 Å². The van der Waals surface area contributed by atoms with Crippen molar-refractivity contribution in [3.63, 3.8) is 0 Å². The Kier molecular flexibility index (Phi) is 8.31. The van der Waals surface area contributed by atoms with Gasteiger partial charge in [-0.3, -0.25) is 4.79 Å². The van der Waals surface area contributed by atoms with E-state index in [2.05, 4.69) is 5.32 Å². The van der Waals surface area contributed by atoms with Crippen LogP contribution in [-0.4, -0.2) is 33.3 Å². The fraction of sp³-hybridized carbons (Fsp3) is 0.321. The minimum atomic E-state index is -4.85. The molecule has 1 heterocycles. The maximum atomic E-state index is 13.9. The van der Waals surface area contributed by atoms with Gasteiger partial charge in [0.2, 0.25) is 5.91 Å². The first-order valence-electron chi connectivity index (χ1n) is 12.3. The van der Waals surface area contributed by atoms with Gasteiger partial charge in [-0.2, -0.15) is 13.2 Å². The van der Waals surface area contributed by atoms with Crippen molar-refractivity contribution in [1.29, 1.82) is 0 Å². The van der Waals surface area contributed by atoms with Gasteiger partial charge in [0.1, 0.15) is 17.2 Å². The standard InChI is InChI=1S/C28H27F4NO5S/c1-2-39(35,36)23-10-3-19(4-11-23)17-26(34)33-21-6-8-22(9-7-21)38-27(13-15-37-16-14-27)20-5-12-25(29)24(18-20)28(30,31)32/h3-12,18H,2,13-17H2,1H3,(H,33,34). The van der Waals surface area contributed by atoms with Gasteiger partial charge in [0.15, 0.2) is 9.84 Å². The molecule has 1 amide bonds. The molecule has 0 radical (unpaired) electrons. The number of hydrogen-bond donors (Lipinski definition) is 1. The number of carbonyl (C=O) groups is 1. The van der Waals surface area contributed by atoms with Crippen LogP contribution in [0.2, 0.25) is 0 Å². The summed E-state index contributed by atoms with van der Waals surface area (Å²) in [5, 5.41) is 2.75. The van der Waals surface area contributed by atoms with Gasteiger partial charge in [0.25, 0.3) is 0 Å². The topological polar surface area (TPSA) is 81.7 Å². The van der Waals surface area contributed by atoms with Gasteiger partial charge in [-0.25, -0.2) is 12.8 Å². The van der Waals surface area contributed by atoms with Gasteiger partial charge in [0, 0.05) is 18.5 Å². The van der Waals surface area contributed by atoms with Crippen molar-refractivity contribution in [2.75, 3.05) is 24.3 Å². The Morgan fingerprint density at radius 2 is 1.64 bits per heavy atom. The molecule has 1 saturated heterocycles. The Morgan fingerprint density at radius 1 is 1.00 bits per heavy atom. The molecule has 6 nitrogen and oxygen atoms in total. The molecule has 0 saturated carbocycles. The van der Waals surface area contributed by atoms with Crippen molar-refractivity contribution in [2.24, 2.45) is 0 Å². The van der Waals surface area contributed by atoms with E-state index in [9.17, 15) is 30.8 Å². The lowest BCUT2D eigenvalue weighted by molar-refractivity contribution is -0.140. The average molecular weight is 566 g/mol. The Labute approximate surface area is 223 Å². The molecule has 0 aliphatic carbocycles. The van der Waals surface area contributed by atoms with Crippen molar-refractivity contribution in [3.05, 3.63) is 89.2 Å². The summed E-state index contributed by atoms with van der Waals surface area (Å²) in [6, 6.07) is 15.4. The van der Waals surface area contributed by atoms with Crippen LogP contribution in [-0.2, 0) is 37.6 Å². The zero-order valence-corrected chi connectivity index (χ0v) is 21.9. The number of sulfone groups is 1. The summed E-state index contributed by atoms with van der Waals surface area (Å²) in [5.74, 6) is -1.32. The Hall–Kier alpha value is -3.44.